The Hall–Kier alpha value is 0.668. The third-order valence-electron chi connectivity index (χ3n) is 0.495. The van der Waals surface area contributed by atoms with Crippen LogP contribution in [0.15, 0.2) is 9.98 Å². The summed E-state index contributed by atoms with van der Waals surface area (Å²) >= 11 is 6.55. The van der Waals surface area contributed by atoms with Crippen LogP contribution in [0.3, 0.4) is 0 Å². The van der Waals surface area contributed by atoms with Crippen LogP contribution in [0.2, 0.25) is 0 Å². The van der Waals surface area contributed by atoms with Crippen molar-refractivity contribution in [1.29, 1.82) is 0 Å². The fourth-order valence-corrected chi connectivity index (χ4v) is 3.32. The van der Waals surface area contributed by atoms with Crippen LogP contribution < -0.4 is 3.80 Å². The Balaban J connectivity index is 3.04. The topological polar surface area (TPSA) is 12.9 Å². The summed E-state index contributed by atoms with van der Waals surface area (Å²) in [6.45, 7) is 0. The first-order chi connectivity index (χ1) is 3.29. The molecule has 38 valence electrons. The molecule has 1 aromatic heterocycles. The summed E-state index contributed by atoms with van der Waals surface area (Å²) in [6, 6.07) is 0. The Bertz CT molecular complexity index is 147. The van der Waals surface area contributed by atoms with E-state index in [9.17, 15) is 0 Å². The molecule has 1 atom stereocenters. The molecule has 1 aromatic rings. The first-order valence-electron chi connectivity index (χ1n) is 1.66. The van der Waals surface area contributed by atoms with Crippen molar-refractivity contribution in [2.24, 2.45) is 0 Å². The van der Waals surface area contributed by atoms with E-state index in [4.69, 9.17) is 0 Å². The van der Waals surface area contributed by atoms with Crippen LogP contribution in [0.5, 0.6) is 0 Å². The summed E-state index contributed by atoms with van der Waals surface area (Å²) < 4.78 is 2.28. The predicted octanol–water partition coefficient (Wildman–Crippen LogP) is 0.164. The van der Waals surface area contributed by atoms with Gasteiger partial charge in [-0.25, -0.2) is 0 Å². The van der Waals surface area contributed by atoms with Crippen LogP contribution in [0, 0.1) is 0 Å². The van der Waals surface area contributed by atoms with Gasteiger partial charge in [-0.1, -0.05) is 0 Å². The SMILES string of the molecule is [AsH2]c1ncc(Br)s1. The summed E-state index contributed by atoms with van der Waals surface area (Å²) in [5.41, 5.74) is 0. The third kappa shape index (κ3) is 1.55. The zero-order valence-corrected chi connectivity index (χ0v) is 8.21. The van der Waals surface area contributed by atoms with E-state index in [1.165, 1.54) is 3.80 Å². The summed E-state index contributed by atoms with van der Waals surface area (Å²) in [6.07, 6.45) is 1.82. The molecule has 0 N–H and O–H groups in total. The second-order valence-electron chi connectivity index (χ2n) is 1.00. The molecular weight excluding hydrogens is 237 g/mol. The van der Waals surface area contributed by atoms with Crippen LogP contribution in [-0.4, -0.2) is 21.8 Å². The number of hydrogen-bond donors (Lipinski definition) is 0. The first kappa shape index (κ1) is 5.80. The molecule has 1 nitrogen and oxygen atoms in total. The summed E-state index contributed by atoms with van der Waals surface area (Å²) in [7, 11) is 0. The summed E-state index contributed by atoms with van der Waals surface area (Å²) in [5.74, 6) is 0. The third-order valence-corrected chi connectivity index (χ3v) is 2.86. The Kier molecular flexibility index (Phi) is 1.90. The Morgan fingerprint density at radius 3 is 2.71 bits per heavy atom. The number of rotatable bonds is 0. The molecule has 0 aliphatic rings. The molecule has 0 aliphatic heterocycles. The zero-order chi connectivity index (χ0) is 5.28. The van der Waals surface area contributed by atoms with Gasteiger partial charge in [-0.2, -0.15) is 0 Å². The summed E-state index contributed by atoms with van der Waals surface area (Å²) in [5, 5.41) is 0. The molecule has 0 amide bonds. The van der Waals surface area contributed by atoms with Crippen molar-refractivity contribution in [2.75, 3.05) is 0 Å². The molecule has 0 aromatic carbocycles. The maximum atomic E-state index is 4.02. The molecule has 4 heteroatoms. The van der Waals surface area contributed by atoms with E-state index in [2.05, 4.69) is 20.9 Å². The number of thiazole rings is 1. The van der Waals surface area contributed by atoms with Crippen molar-refractivity contribution in [2.45, 2.75) is 0 Å². The van der Waals surface area contributed by atoms with E-state index >= 15 is 0 Å². The molecule has 1 heterocycles. The minimum atomic E-state index is 1.12. The normalized spacial score (nSPS) is 9.43. The van der Waals surface area contributed by atoms with E-state index in [-0.39, 0.29) is 0 Å². The van der Waals surface area contributed by atoms with Crippen LogP contribution in [0.1, 0.15) is 0 Å². The number of halogens is 1. The van der Waals surface area contributed by atoms with E-state index in [0.717, 1.165) is 3.79 Å². The van der Waals surface area contributed by atoms with Crippen molar-refractivity contribution in [3.8, 4) is 0 Å². The molecule has 0 aliphatic carbocycles. The Morgan fingerprint density at radius 1 is 1.86 bits per heavy atom. The molecule has 0 fully saturated rings. The van der Waals surface area contributed by atoms with Gasteiger partial charge >= 0.3 is 62.9 Å². The zero-order valence-electron chi connectivity index (χ0n) is 3.39. The second kappa shape index (κ2) is 2.29. The molecule has 0 bridgehead atoms. The van der Waals surface area contributed by atoms with Crippen LogP contribution in [-0.2, 0) is 0 Å². The van der Waals surface area contributed by atoms with Crippen molar-refractivity contribution < 1.29 is 0 Å². The molecular formula is C3H3AsBrNS. The first-order valence-corrected chi connectivity index (χ1v) is 4.48. The number of hydrogen-bond acceptors (Lipinski definition) is 2. The average molecular weight is 240 g/mol. The van der Waals surface area contributed by atoms with Crippen molar-refractivity contribution >= 4 is 47.9 Å². The van der Waals surface area contributed by atoms with Gasteiger partial charge in [0.05, 0.1) is 0 Å². The molecule has 0 saturated carbocycles. The molecule has 1 rings (SSSR count). The molecule has 7 heavy (non-hydrogen) atoms. The Morgan fingerprint density at radius 2 is 2.57 bits per heavy atom. The molecule has 0 saturated heterocycles. The maximum absolute atomic E-state index is 4.02. The van der Waals surface area contributed by atoms with Crippen molar-refractivity contribution in [1.82, 2.24) is 4.98 Å². The van der Waals surface area contributed by atoms with E-state index in [0.29, 0.717) is 0 Å². The van der Waals surface area contributed by atoms with Gasteiger partial charge in [-0.15, -0.1) is 0 Å². The van der Waals surface area contributed by atoms with Gasteiger partial charge in [-0.05, 0) is 0 Å². The van der Waals surface area contributed by atoms with Gasteiger partial charge in [0, 0.05) is 0 Å². The van der Waals surface area contributed by atoms with Gasteiger partial charge in [-0.3, -0.25) is 0 Å². The van der Waals surface area contributed by atoms with Gasteiger partial charge in [0.1, 0.15) is 0 Å². The number of aromatic nitrogens is 1. The van der Waals surface area contributed by atoms with Crippen LogP contribution in [0.25, 0.3) is 0 Å². The van der Waals surface area contributed by atoms with Crippen LogP contribution >= 0.6 is 27.3 Å². The quantitative estimate of drug-likeness (QED) is 0.589. The monoisotopic (exact) mass is 239 g/mol. The van der Waals surface area contributed by atoms with Crippen molar-refractivity contribution in [3.63, 3.8) is 0 Å². The van der Waals surface area contributed by atoms with E-state index in [1.54, 1.807) is 28.2 Å². The average Bonchev–Trinajstić information content (AvgIpc) is 1.87. The standard InChI is InChI=1S/C3H3AsBrNS/c4-3-6-1-2(5)7-3/h1H,4H2. The van der Waals surface area contributed by atoms with Gasteiger partial charge in [0.25, 0.3) is 0 Å². The minimum absolute atomic E-state index is 1.12. The van der Waals surface area contributed by atoms with E-state index in [1.807, 2.05) is 6.20 Å². The molecule has 0 radical (unpaired) electrons. The predicted molar refractivity (Wildman–Crippen MR) is 38.0 cm³/mol. The molecule has 1 unspecified atom stereocenters. The fraction of sp³-hybridized carbons (Fsp3) is 0. The van der Waals surface area contributed by atoms with Crippen molar-refractivity contribution in [3.05, 3.63) is 9.98 Å². The Labute approximate surface area is 62.8 Å². The van der Waals surface area contributed by atoms with Gasteiger partial charge in [0.2, 0.25) is 0 Å². The van der Waals surface area contributed by atoms with Crippen LogP contribution in [0.4, 0.5) is 0 Å². The number of nitrogens with zero attached hydrogens (tertiary/aromatic N) is 1. The van der Waals surface area contributed by atoms with Gasteiger partial charge < -0.3 is 0 Å². The second-order valence-corrected chi connectivity index (χ2v) is 5.47. The van der Waals surface area contributed by atoms with Gasteiger partial charge in [0.15, 0.2) is 0 Å². The van der Waals surface area contributed by atoms with E-state index < -0.39 is 0 Å². The fourth-order valence-electron chi connectivity index (χ4n) is 0.267. The molecule has 0 spiro atoms. The summed E-state index contributed by atoms with van der Waals surface area (Å²) in [4.78, 5) is 4.02.